The van der Waals surface area contributed by atoms with Gasteiger partial charge < -0.3 is 10.6 Å². The number of aryl methyl sites for hydroxylation is 1. The number of hydrogen-bond donors (Lipinski definition) is 2. The van der Waals surface area contributed by atoms with Gasteiger partial charge in [0, 0.05) is 30.9 Å². The Balaban J connectivity index is 2.11. The van der Waals surface area contributed by atoms with Crippen LogP contribution < -0.4 is 10.6 Å². The largest absolute Gasteiger partial charge is 0.354 e. The molecular weight excluding hydrogens is 152 g/mol. The first-order valence-electron chi connectivity index (χ1n) is 4.28. The van der Waals surface area contributed by atoms with Crippen LogP contribution in [-0.2, 0) is 0 Å². The molecule has 12 heavy (non-hydrogen) atoms. The summed E-state index contributed by atoms with van der Waals surface area (Å²) in [6, 6.07) is 2.37. The molecule has 1 fully saturated rings. The van der Waals surface area contributed by atoms with E-state index in [2.05, 4.69) is 21.2 Å². The van der Waals surface area contributed by atoms with Crippen molar-refractivity contribution in [1.82, 2.24) is 10.2 Å². The molecule has 0 aromatic carbocycles. The second kappa shape index (κ2) is 2.79. The van der Waals surface area contributed by atoms with Gasteiger partial charge >= 0.3 is 0 Å². The second-order valence-corrected chi connectivity index (χ2v) is 3.40. The van der Waals surface area contributed by atoms with Gasteiger partial charge in [-0.3, -0.25) is 5.10 Å². The van der Waals surface area contributed by atoms with Crippen molar-refractivity contribution in [2.24, 2.45) is 5.73 Å². The number of H-pyrrole nitrogens is 1. The Morgan fingerprint density at radius 1 is 1.75 bits per heavy atom. The molecule has 1 aromatic heterocycles. The first-order valence-corrected chi connectivity index (χ1v) is 4.28. The monoisotopic (exact) mass is 166 g/mol. The zero-order chi connectivity index (χ0) is 8.55. The van der Waals surface area contributed by atoms with Gasteiger partial charge in [-0.25, -0.2) is 0 Å². The fraction of sp³-hybridized carbons (Fsp3) is 0.625. The molecule has 4 nitrogen and oxygen atoms in total. The third-order valence-corrected chi connectivity index (χ3v) is 2.24. The molecule has 0 saturated carbocycles. The van der Waals surface area contributed by atoms with Gasteiger partial charge in [0.05, 0.1) is 0 Å². The van der Waals surface area contributed by atoms with Crippen LogP contribution in [0.2, 0.25) is 0 Å². The number of aromatic amines is 1. The van der Waals surface area contributed by atoms with E-state index < -0.39 is 0 Å². The summed E-state index contributed by atoms with van der Waals surface area (Å²) in [6.45, 7) is 3.97. The fourth-order valence-corrected chi connectivity index (χ4v) is 1.56. The van der Waals surface area contributed by atoms with Crippen LogP contribution in [0, 0.1) is 6.92 Å². The summed E-state index contributed by atoms with van der Waals surface area (Å²) in [5, 5.41) is 7.11. The molecule has 0 radical (unpaired) electrons. The summed E-state index contributed by atoms with van der Waals surface area (Å²) < 4.78 is 0. The molecule has 0 aliphatic carbocycles. The van der Waals surface area contributed by atoms with E-state index in [1.807, 2.05) is 6.92 Å². The van der Waals surface area contributed by atoms with Gasteiger partial charge in [-0.15, -0.1) is 0 Å². The van der Waals surface area contributed by atoms with Crippen molar-refractivity contribution in [1.29, 1.82) is 0 Å². The summed E-state index contributed by atoms with van der Waals surface area (Å²) in [4.78, 5) is 2.22. The first-order chi connectivity index (χ1) is 5.75. The molecule has 0 spiro atoms. The SMILES string of the molecule is Cc1cc(N2CCC(N)C2)n[nH]1. The predicted molar refractivity (Wildman–Crippen MR) is 48.1 cm³/mol. The van der Waals surface area contributed by atoms with Crippen molar-refractivity contribution in [3.8, 4) is 0 Å². The molecule has 1 unspecified atom stereocenters. The third kappa shape index (κ3) is 1.30. The molecule has 66 valence electrons. The summed E-state index contributed by atoms with van der Waals surface area (Å²) in [5.41, 5.74) is 6.89. The summed E-state index contributed by atoms with van der Waals surface area (Å²) in [6.07, 6.45) is 1.08. The number of hydrogen-bond acceptors (Lipinski definition) is 3. The Hall–Kier alpha value is -1.03. The van der Waals surface area contributed by atoms with E-state index in [4.69, 9.17) is 5.73 Å². The lowest BCUT2D eigenvalue weighted by Gasteiger charge is -2.13. The van der Waals surface area contributed by atoms with E-state index in [9.17, 15) is 0 Å². The number of nitrogens with one attached hydrogen (secondary N) is 1. The van der Waals surface area contributed by atoms with Gasteiger partial charge in [-0.1, -0.05) is 0 Å². The lowest BCUT2D eigenvalue weighted by atomic mass is 10.3. The van der Waals surface area contributed by atoms with Crippen LogP contribution >= 0.6 is 0 Å². The van der Waals surface area contributed by atoms with Crippen LogP contribution in [0.5, 0.6) is 0 Å². The van der Waals surface area contributed by atoms with Gasteiger partial charge in [0.1, 0.15) is 0 Å². The van der Waals surface area contributed by atoms with Crippen molar-refractivity contribution in [3.63, 3.8) is 0 Å². The standard InChI is InChI=1S/C8H14N4/c1-6-4-8(11-10-6)12-3-2-7(9)5-12/h4,7H,2-3,5,9H2,1H3,(H,10,11). The van der Waals surface area contributed by atoms with Crippen LogP contribution in [0.1, 0.15) is 12.1 Å². The van der Waals surface area contributed by atoms with Crippen molar-refractivity contribution in [2.75, 3.05) is 18.0 Å². The molecule has 3 N–H and O–H groups in total. The van der Waals surface area contributed by atoms with E-state index in [1.54, 1.807) is 0 Å². The topological polar surface area (TPSA) is 57.9 Å². The van der Waals surface area contributed by atoms with Crippen LogP contribution in [0.4, 0.5) is 5.82 Å². The van der Waals surface area contributed by atoms with E-state index in [0.29, 0.717) is 6.04 Å². The Labute approximate surface area is 71.7 Å². The number of anilines is 1. The Morgan fingerprint density at radius 3 is 3.08 bits per heavy atom. The van der Waals surface area contributed by atoms with Gasteiger partial charge in [-0.05, 0) is 13.3 Å². The number of nitrogens with two attached hydrogens (primary N) is 1. The molecule has 1 aliphatic rings. The lowest BCUT2D eigenvalue weighted by Crippen LogP contribution is -2.26. The highest BCUT2D eigenvalue weighted by molar-refractivity contribution is 5.40. The fourth-order valence-electron chi connectivity index (χ4n) is 1.56. The summed E-state index contributed by atoms with van der Waals surface area (Å²) >= 11 is 0. The number of nitrogens with zero attached hydrogens (tertiary/aromatic N) is 2. The Bertz CT molecular complexity index is 268. The minimum Gasteiger partial charge on any atom is -0.354 e. The van der Waals surface area contributed by atoms with Crippen molar-refractivity contribution < 1.29 is 0 Å². The van der Waals surface area contributed by atoms with Crippen molar-refractivity contribution in [3.05, 3.63) is 11.8 Å². The highest BCUT2D eigenvalue weighted by atomic mass is 15.3. The maximum Gasteiger partial charge on any atom is 0.150 e. The maximum atomic E-state index is 5.79. The molecule has 0 bridgehead atoms. The van der Waals surface area contributed by atoms with Gasteiger partial charge in [-0.2, -0.15) is 5.10 Å². The van der Waals surface area contributed by atoms with Crippen LogP contribution in [-0.4, -0.2) is 29.3 Å². The van der Waals surface area contributed by atoms with Gasteiger partial charge in [0.25, 0.3) is 0 Å². The quantitative estimate of drug-likeness (QED) is 0.629. The molecule has 1 saturated heterocycles. The molecule has 2 heterocycles. The van der Waals surface area contributed by atoms with Crippen molar-refractivity contribution >= 4 is 5.82 Å². The summed E-state index contributed by atoms with van der Waals surface area (Å²) in [5.74, 6) is 1.03. The normalized spacial score (nSPS) is 23.5. The minimum atomic E-state index is 0.321. The van der Waals surface area contributed by atoms with Crippen LogP contribution in [0.15, 0.2) is 6.07 Å². The number of aromatic nitrogens is 2. The first kappa shape index (κ1) is 7.61. The van der Waals surface area contributed by atoms with E-state index in [1.165, 1.54) is 0 Å². The Kier molecular flexibility index (Phi) is 1.77. The molecular formula is C8H14N4. The van der Waals surface area contributed by atoms with E-state index in [0.717, 1.165) is 31.0 Å². The van der Waals surface area contributed by atoms with Gasteiger partial charge in [0.2, 0.25) is 0 Å². The molecule has 1 atom stereocenters. The van der Waals surface area contributed by atoms with Crippen molar-refractivity contribution in [2.45, 2.75) is 19.4 Å². The summed E-state index contributed by atoms with van der Waals surface area (Å²) in [7, 11) is 0. The second-order valence-electron chi connectivity index (χ2n) is 3.40. The maximum absolute atomic E-state index is 5.79. The third-order valence-electron chi connectivity index (χ3n) is 2.24. The van der Waals surface area contributed by atoms with Crippen LogP contribution in [0.25, 0.3) is 0 Å². The highest BCUT2D eigenvalue weighted by Gasteiger charge is 2.20. The predicted octanol–water partition coefficient (Wildman–Crippen LogP) is 0.256. The zero-order valence-corrected chi connectivity index (χ0v) is 7.25. The molecule has 2 rings (SSSR count). The average molecular weight is 166 g/mol. The smallest absolute Gasteiger partial charge is 0.150 e. The molecule has 4 heteroatoms. The van der Waals surface area contributed by atoms with E-state index >= 15 is 0 Å². The lowest BCUT2D eigenvalue weighted by molar-refractivity contribution is 0.751. The minimum absolute atomic E-state index is 0.321. The van der Waals surface area contributed by atoms with Crippen LogP contribution in [0.3, 0.4) is 0 Å². The molecule has 0 amide bonds. The van der Waals surface area contributed by atoms with E-state index in [-0.39, 0.29) is 0 Å². The van der Waals surface area contributed by atoms with Gasteiger partial charge in [0.15, 0.2) is 5.82 Å². The average Bonchev–Trinajstić information content (AvgIpc) is 2.58. The molecule has 1 aromatic rings. The highest BCUT2D eigenvalue weighted by Crippen LogP contribution is 2.17. The Morgan fingerprint density at radius 2 is 2.58 bits per heavy atom. The molecule has 1 aliphatic heterocycles. The number of rotatable bonds is 1. The zero-order valence-electron chi connectivity index (χ0n) is 7.25.